The molecular formula is C7H5F9O. The molecule has 0 aliphatic carbocycles. The van der Waals surface area contributed by atoms with Crippen molar-refractivity contribution in [2.45, 2.75) is 30.8 Å². The van der Waals surface area contributed by atoms with Crippen molar-refractivity contribution in [1.82, 2.24) is 0 Å². The van der Waals surface area contributed by atoms with E-state index in [1.54, 1.807) is 0 Å². The van der Waals surface area contributed by atoms with E-state index in [-0.39, 0.29) is 0 Å². The molecule has 0 spiro atoms. The van der Waals surface area contributed by atoms with Crippen LogP contribution >= 0.6 is 0 Å². The summed E-state index contributed by atoms with van der Waals surface area (Å²) in [6.07, 6.45) is -19.5. The predicted molar refractivity (Wildman–Crippen MR) is 36.6 cm³/mol. The Morgan fingerprint density at radius 2 is 1.18 bits per heavy atom. The van der Waals surface area contributed by atoms with E-state index in [4.69, 9.17) is 5.11 Å². The first-order chi connectivity index (χ1) is 7.33. The topological polar surface area (TPSA) is 20.2 Å². The molecule has 0 aliphatic rings. The highest BCUT2D eigenvalue weighted by Crippen LogP contribution is 2.46. The van der Waals surface area contributed by atoms with Gasteiger partial charge in [-0.2, -0.15) is 35.1 Å². The van der Waals surface area contributed by atoms with Crippen LogP contribution in [-0.4, -0.2) is 23.1 Å². The maximum Gasteiger partial charge on any atom is 0.426 e. The van der Waals surface area contributed by atoms with Gasteiger partial charge in [0.2, 0.25) is 0 Å². The van der Waals surface area contributed by atoms with Crippen LogP contribution in [0.4, 0.5) is 39.5 Å². The lowest BCUT2D eigenvalue weighted by Gasteiger charge is -2.32. The van der Waals surface area contributed by atoms with Gasteiger partial charge in [0.1, 0.15) is 0 Å². The van der Waals surface area contributed by atoms with Crippen LogP contribution < -0.4 is 0 Å². The Kier molecular flexibility index (Phi) is 4.49. The Morgan fingerprint density at radius 1 is 0.824 bits per heavy atom. The second-order valence-corrected chi connectivity index (χ2v) is 3.02. The first-order valence-electron chi connectivity index (χ1n) is 3.88. The van der Waals surface area contributed by atoms with E-state index in [9.17, 15) is 39.5 Å². The zero-order chi connectivity index (χ0) is 14.1. The van der Waals surface area contributed by atoms with E-state index < -0.39 is 42.7 Å². The van der Waals surface area contributed by atoms with E-state index >= 15 is 0 Å². The van der Waals surface area contributed by atoms with Crippen LogP contribution in [0.2, 0.25) is 0 Å². The third-order valence-electron chi connectivity index (χ3n) is 1.85. The van der Waals surface area contributed by atoms with Gasteiger partial charge in [0.15, 0.2) is 5.83 Å². The van der Waals surface area contributed by atoms with Crippen LogP contribution in [0.25, 0.3) is 0 Å². The molecule has 0 unspecified atom stereocenters. The minimum atomic E-state index is -6.14. The summed E-state index contributed by atoms with van der Waals surface area (Å²) in [5.41, 5.74) is -5.22. The summed E-state index contributed by atoms with van der Waals surface area (Å²) in [6.45, 7) is 0. The Bertz CT molecular complexity index is 281. The molecule has 0 radical (unpaired) electrons. The third kappa shape index (κ3) is 3.51. The molecule has 0 aromatic rings. The summed E-state index contributed by atoms with van der Waals surface area (Å²) in [6, 6.07) is 0. The molecule has 0 fully saturated rings. The number of hydrogen-bond donors (Lipinski definition) is 1. The zero-order valence-electron chi connectivity index (χ0n) is 7.76. The van der Waals surface area contributed by atoms with E-state index in [1.807, 2.05) is 0 Å². The normalized spacial score (nSPS) is 13.8. The van der Waals surface area contributed by atoms with Crippen LogP contribution in [0.3, 0.4) is 0 Å². The molecule has 0 bridgehead atoms. The summed E-state index contributed by atoms with van der Waals surface area (Å²) in [5, 5.41) is 8.43. The van der Waals surface area contributed by atoms with Crippen molar-refractivity contribution in [1.29, 1.82) is 0 Å². The minimum absolute atomic E-state index is 1.88. The van der Waals surface area contributed by atoms with Crippen LogP contribution in [0.15, 0.2) is 11.9 Å². The van der Waals surface area contributed by atoms with Gasteiger partial charge >= 0.3 is 18.4 Å². The number of rotatable bonds is 3. The van der Waals surface area contributed by atoms with Crippen LogP contribution in [0.5, 0.6) is 0 Å². The highest BCUT2D eigenvalue weighted by molar-refractivity contribution is 4.99. The molecular weight excluding hydrogens is 271 g/mol. The van der Waals surface area contributed by atoms with E-state index in [2.05, 4.69) is 0 Å². The standard InChI is InChI=1S/C7H5F9O/c8-3(4(9)10)1-2-5(17,6(11,12)13)7(14,15)16/h17H,1-2H2. The van der Waals surface area contributed by atoms with Crippen molar-refractivity contribution in [3.8, 4) is 0 Å². The number of alkyl halides is 6. The molecule has 0 amide bonds. The fraction of sp³-hybridized carbons (Fsp3) is 0.714. The SMILES string of the molecule is OC(CCC(F)=C(F)F)(C(F)(F)F)C(F)(F)F. The van der Waals surface area contributed by atoms with Crippen LogP contribution in [0, 0.1) is 0 Å². The molecule has 0 aromatic carbocycles. The van der Waals surface area contributed by atoms with Crippen molar-refractivity contribution >= 4 is 0 Å². The summed E-state index contributed by atoms with van der Waals surface area (Å²) in [7, 11) is 0. The van der Waals surface area contributed by atoms with Gasteiger partial charge < -0.3 is 5.11 Å². The molecule has 0 aliphatic heterocycles. The Balaban J connectivity index is 5.08. The molecule has 1 nitrogen and oxygen atoms in total. The van der Waals surface area contributed by atoms with Crippen molar-refractivity contribution in [3.05, 3.63) is 11.9 Å². The second kappa shape index (κ2) is 4.75. The van der Waals surface area contributed by atoms with Gasteiger partial charge in [-0.25, -0.2) is 4.39 Å². The summed E-state index contributed by atoms with van der Waals surface area (Å²) < 4.78 is 107. The number of aliphatic hydroxyl groups is 1. The van der Waals surface area contributed by atoms with E-state index in [0.29, 0.717) is 0 Å². The van der Waals surface area contributed by atoms with Crippen molar-refractivity contribution in [2.75, 3.05) is 0 Å². The molecule has 0 heterocycles. The molecule has 0 rings (SSSR count). The van der Waals surface area contributed by atoms with Gasteiger partial charge in [-0.3, -0.25) is 0 Å². The van der Waals surface area contributed by atoms with Gasteiger partial charge in [-0.1, -0.05) is 0 Å². The van der Waals surface area contributed by atoms with E-state index in [1.165, 1.54) is 0 Å². The third-order valence-corrected chi connectivity index (χ3v) is 1.85. The highest BCUT2D eigenvalue weighted by atomic mass is 19.4. The van der Waals surface area contributed by atoms with E-state index in [0.717, 1.165) is 0 Å². The smallest absolute Gasteiger partial charge is 0.374 e. The average molecular weight is 276 g/mol. The first-order valence-corrected chi connectivity index (χ1v) is 3.88. The molecule has 17 heavy (non-hydrogen) atoms. The van der Waals surface area contributed by atoms with Gasteiger partial charge in [0.25, 0.3) is 5.60 Å². The molecule has 0 atom stereocenters. The maximum atomic E-state index is 12.1. The Hall–Kier alpha value is -0.930. The summed E-state index contributed by atoms with van der Waals surface area (Å²) >= 11 is 0. The number of allylic oxidation sites excluding steroid dienone is 1. The quantitative estimate of drug-likeness (QED) is 0.779. The highest BCUT2D eigenvalue weighted by Gasteiger charge is 2.69. The van der Waals surface area contributed by atoms with Gasteiger partial charge in [0.05, 0.1) is 0 Å². The van der Waals surface area contributed by atoms with Crippen LogP contribution in [-0.2, 0) is 0 Å². The second-order valence-electron chi connectivity index (χ2n) is 3.02. The monoisotopic (exact) mass is 276 g/mol. The minimum Gasteiger partial charge on any atom is -0.374 e. The lowest BCUT2D eigenvalue weighted by molar-refractivity contribution is -0.369. The molecule has 1 N–H and O–H groups in total. The Labute approximate surface area is 88.5 Å². The molecule has 10 heteroatoms. The fourth-order valence-corrected chi connectivity index (χ4v) is 0.829. The summed E-state index contributed by atoms with van der Waals surface area (Å²) in [5.74, 6) is -2.43. The predicted octanol–water partition coefficient (Wildman–Crippen LogP) is 3.70. The van der Waals surface area contributed by atoms with Crippen molar-refractivity contribution in [3.63, 3.8) is 0 Å². The summed E-state index contributed by atoms with van der Waals surface area (Å²) in [4.78, 5) is 0. The molecule has 0 aromatic heterocycles. The fourth-order valence-electron chi connectivity index (χ4n) is 0.829. The molecule has 0 saturated heterocycles. The molecule has 0 saturated carbocycles. The first kappa shape index (κ1) is 16.1. The van der Waals surface area contributed by atoms with Crippen molar-refractivity contribution < 1.29 is 44.6 Å². The largest absolute Gasteiger partial charge is 0.426 e. The lowest BCUT2D eigenvalue weighted by Crippen LogP contribution is -2.56. The average Bonchev–Trinajstić information content (AvgIpc) is 2.09. The van der Waals surface area contributed by atoms with Crippen LogP contribution in [0.1, 0.15) is 12.8 Å². The Morgan fingerprint density at radius 3 is 1.41 bits per heavy atom. The van der Waals surface area contributed by atoms with Gasteiger partial charge in [-0.15, -0.1) is 0 Å². The lowest BCUT2D eigenvalue weighted by atomic mass is 9.96. The molecule has 102 valence electrons. The zero-order valence-corrected chi connectivity index (χ0v) is 7.76. The van der Waals surface area contributed by atoms with Gasteiger partial charge in [0, 0.05) is 12.8 Å². The number of halogens is 9. The maximum absolute atomic E-state index is 12.1. The number of hydrogen-bond acceptors (Lipinski definition) is 1. The van der Waals surface area contributed by atoms with Crippen molar-refractivity contribution in [2.24, 2.45) is 0 Å². The van der Waals surface area contributed by atoms with Gasteiger partial charge in [-0.05, 0) is 0 Å².